The number of hydrogen-bond acceptors (Lipinski definition) is 2. The van der Waals surface area contributed by atoms with E-state index in [1.807, 2.05) is 12.1 Å². The zero-order valence-corrected chi connectivity index (χ0v) is 10.4. The van der Waals surface area contributed by atoms with Gasteiger partial charge in [-0.15, -0.1) is 0 Å². The Kier molecular flexibility index (Phi) is 5.33. The van der Waals surface area contributed by atoms with Gasteiger partial charge in [0.15, 0.2) is 0 Å². The maximum Gasteiger partial charge on any atom is 0.119 e. The van der Waals surface area contributed by atoms with Crippen LogP contribution >= 0.6 is 0 Å². The molecule has 0 aliphatic carbocycles. The Labute approximate surface area is 98.3 Å². The normalized spacial score (nSPS) is 12.8. The van der Waals surface area contributed by atoms with Gasteiger partial charge in [-0.05, 0) is 42.4 Å². The van der Waals surface area contributed by atoms with Crippen molar-refractivity contribution in [2.75, 3.05) is 13.7 Å². The molecular weight excluding hydrogens is 200 g/mol. The molecule has 0 amide bonds. The highest BCUT2D eigenvalue weighted by Gasteiger charge is 2.13. The number of methoxy groups -OCH3 is 1. The minimum atomic E-state index is 0.245. The summed E-state index contributed by atoms with van der Waals surface area (Å²) in [5.74, 6) is 1.96. The van der Waals surface area contributed by atoms with Crippen molar-refractivity contribution in [2.24, 2.45) is 5.92 Å². The summed E-state index contributed by atoms with van der Waals surface area (Å²) in [5.41, 5.74) is 1.27. The van der Waals surface area contributed by atoms with Crippen molar-refractivity contribution in [2.45, 2.75) is 32.6 Å². The van der Waals surface area contributed by atoms with Gasteiger partial charge in [0.1, 0.15) is 5.75 Å². The molecule has 0 saturated carbocycles. The fraction of sp³-hybridized carbons (Fsp3) is 0.571. The van der Waals surface area contributed by atoms with Crippen molar-refractivity contribution in [1.29, 1.82) is 0 Å². The van der Waals surface area contributed by atoms with Crippen LogP contribution in [0.15, 0.2) is 24.3 Å². The molecule has 0 bridgehead atoms. The Morgan fingerprint density at radius 1 is 1.31 bits per heavy atom. The van der Waals surface area contributed by atoms with Crippen LogP contribution in [0.1, 0.15) is 38.2 Å². The fourth-order valence-corrected chi connectivity index (χ4v) is 2.04. The molecule has 0 radical (unpaired) electrons. The van der Waals surface area contributed by atoms with E-state index in [1.54, 1.807) is 7.11 Å². The third-order valence-electron chi connectivity index (χ3n) is 2.80. The van der Waals surface area contributed by atoms with Crippen molar-refractivity contribution >= 4 is 0 Å². The zero-order valence-electron chi connectivity index (χ0n) is 10.4. The summed E-state index contributed by atoms with van der Waals surface area (Å²) in [7, 11) is 1.68. The molecule has 90 valence electrons. The molecule has 0 saturated heterocycles. The molecule has 1 atom stereocenters. The first kappa shape index (κ1) is 13.0. The standard InChI is InChI=1S/C14H22O2/c1-11(2)9-13(7-8-15)12-5-4-6-14(10-12)16-3/h4-6,10-11,13,15H,7-9H2,1-3H3. The van der Waals surface area contributed by atoms with E-state index in [0.29, 0.717) is 11.8 Å². The predicted octanol–water partition coefficient (Wildman–Crippen LogP) is 3.21. The molecule has 0 heterocycles. The van der Waals surface area contributed by atoms with Crippen molar-refractivity contribution in [3.05, 3.63) is 29.8 Å². The number of aliphatic hydroxyl groups is 1. The van der Waals surface area contributed by atoms with Crippen LogP contribution in [0.25, 0.3) is 0 Å². The molecule has 0 aliphatic heterocycles. The van der Waals surface area contributed by atoms with Gasteiger partial charge in [-0.3, -0.25) is 0 Å². The summed E-state index contributed by atoms with van der Waals surface area (Å²) in [6.45, 7) is 4.67. The van der Waals surface area contributed by atoms with Gasteiger partial charge in [0.2, 0.25) is 0 Å². The van der Waals surface area contributed by atoms with Gasteiger partial charge < -0.3 is 9.84 Å². The summed E-state index contributed by atoms with van der Waals surface area (Å²) < 4.78 is 5.23. The molecule has 1 N–H and O–H groups in total. The Balaban J connectivity index is 2.82. The summed E-state index contributed by atoms with van der Waals surface area (Å²) >= 11 is 0. The number of hydrogen-bond donors (Lipinski definition) is 1. The van der Waals surface area contributed by atoms with Crippen LogP contribution < -0.4 is 4.74 Å². The van der Waals surface area contributed by atoms with Crippen molar-refractivity contribution < 1.29 is 9.84 Å². The van der Waals surface area contributed by atoms with Gasteiger partial charge in [-0.1, -0.05) is 26.0 Å². The Hall–Kier alpha value is -1.02. The molecule has 0 spiro atoms. The van der Waals surface area contributed by atoms with Crippen LogP contribution in [0.3, 0.4) is 0 Å². The van der Waals surface area contributed by atoms with Gasteiger partial charge in [0, 0.05) is 6.61 Å². The number of rotatable bonds is 6. The predicted molar refractivity (Wildman–Crippen MR) is 66.9 cm³/mol. The molecule has 2 nitrogen and oxygen atoms in total. The zero-order chi connectivity index (χ0) is 12.0. The van der Waals surface area contributed by atoms with Crippen molar-refractivity contribution in [3.63, 3.8) is 0 Å². The van der Waals surface area contributed by atoms with E-state index in [4.69, 9.17) is 9.84 Å². The highest BCUT2D eigenvalue weighted by molar-refractivity contribution is 5.30. The smallest absolute Gasteiger partial charge is 0.119 e. The van der Waals surface area contributed by atoms with E-state index in [2.05, 4.69) is 26.0 Å². The second-order valence-electron chi connectivity index (χ2n) is 4.62. The summed E-state index contributed by atoms with van der Waals surface area (Å²) in [5, 5.41) is 9.11. The lowest BCUT2D eigenvalue weighted by molar-refractivity contribution is 0.267. The highest BCUT2D eigenvalue weighted by atomic mass is 16.5. The summed E-state index contributed by atoms with van der Waals surface area (Å²) in [6, 6.07) is 8.15. The fourth-order valence-electron chi connectivity index (χ4n) is 2.04. The molecule has 1 aromatic carbocycles. The van der Waals surface area contributed by atoms with E-state index in [9.17, 15) is 0 Å². The second kappa shape index (κ2) is 6.54. The quantitative estimate of drug-likeness (QED) is 0.801. The molecule has 1 aromatic rings. The molecule has 16 heavy (non-hydrogen) atoms. The van der Waals surface area contributed by atoms with E-state index in [0.717, 1.165) is 18.6 Å². The number of ether oxygens (including phenoxy) is 1. The van der Waals surface area contributed by atoms with Crippen molar-refractivity contribution in [3.8, 4) is 5.75 Å². The molecule has 2 heteroatoms. The average Bonchev–Trinajstić information content (AvgIpc) is 2.28. The van der Waals surface area contributed by atoms with E-state index in [1.165, 1.54) is 5.56 Å². The Morgan fingerprint density at radius 2 is 2.06 bits per heavy atom. The maximum atomic E-state index is 9.11. The third-order valence-corrected chi connectivity index (χ3v) is 2.80. The largest absolute Gasteiger partial charge is 0.497 e. The second-order valence-corrected chi connectivity index (χ2v) is 4.62. The highest BCUT2D eigenvalue weighted by Crippen LogP contribution is 2.29. The molecule has 1 unspecified atom stereocenters. The van der Waals surface area contributed by atoms with Gasteiger partial charge in [-0.25, -0.2) is 0 Å². The maximum absolute atomic E-state index is 9.11. The molecule has 0 aliphatic rings. The SMILES string of the molecule is COc1cccc(C(CCO)CC(C)C)c1. The minimum absolute atomic E-state index is 0.245. The first-order chi connectivity index (χ1) is 7.67. The average molecular weight is 222 g/mol. The number of benzene rings is 1. The monoisotopic (exact) mass is 222 g/mol. The van der Waals surface area contributed by atoms with Gasteiger partial charge in [0.25, 0.3) is 0 Å². The van der Waals surface area contributed by atoms with Gasteiger partial charge in [-0.2, -0.15) is 0 Å². The third kappa shape index (κ3) is 3.86. The van der Waals surface area contributed by atoms with E-state index in [-0.39, 0.29) is 6.61 Å². The van der Waals surface area contributed by atoms with Crippen molar-refractivity contribution in [1.82, 2.24) is 0 Å². The number of aliphatic hydroxyl groups excluding tert-OH is 1. The Bertz CT molecular complexity index is 307. The molecular formula is C14H22O2. The van der Waals surface area contributed by atoms with Crippen LogP contribution in [0.5, 0.6) is 5.75 Å². The lowest BCUT2D eigenvalue weighted by Gasteiger charge is -2.19. The van der Waals surface area contributed by atoms with Crippen LogP contribution in [0.4, 0.5) is 0 Å². The minimum Gasteiger partial charge on any atom is -0.497 e. The van der Waals surface area contributed by atoms with Crippen LogP contribution in [-0.4, -0.2) is 18.8 Å². The first-order valence-corrected chi connectivity index (χ1v) is 5.92. The van der Waals surface area contributed by atoms with E-state index < -0.39 is 0 Å². The molecule has 0 aromatic heterocycles. The lowest BCUT2D eigenvalue weighted by Crippen LogP contribution is -2.05. The van der Waals surface area contributed by atoms with Gasteiger partial charge >= 0.3 is 0 Å². The summed E-state index contributed by atoms with van der Waals surface area (Å²) in [6.07, 6.45) is 1.93. The molecule has 1 rings (SSSR count). The van der Waals surface area contributed by atoms with Crippen LogP contribution in [0, 0.1) is 5.92 Å². The summed E-state index contributed by atoms with van der Waals surface area (Å²) in [4.78, 5) is 0. The lowest BCUT2D eigenvalue weighted by atomic mass is 9.88. The van der Waals surface area contributed by atoms with Gasteiger partial charge in [0.05, 0.1) is 7.11 Å². The molecule has 0 fully saturated rings. The van der Waals surface area contributed by atoms with Crippen LogP contribution in [-0.2, 0) is 0 Å². The topological polar surface area (TPSA) is 29.5 Å². The van der Waals surface area contributed by atoms with E-state index >= 15 is 0 Å². The Morgan fingerprint density at radius 3 is 2.62 bits per heavy atom. The van der Waals surface area contributed by atoms with Crippen LogP contribution in [0.2, 0.25) is 0 Å². The first-order valence-electron chi connectivity index (χ1n) is 5.92.